The first-order chi connectivity index (χ1) is 5.06. The first kappa shape index (κ1) is 13.5. The van der Waals surface area contributed by atoms with E-state index in [1.165, 1.54) is 6.42 Å². The molecular weight excluding hydrogens is 134 g/mol. The molecule has 11 heavy (non-hydrogen) atoms. The van der Waals surface area contributed by atoms with Gasteiger partial charge in [-0.25, -0.2) is 0 Å². The number of nitrogens with one attached hydrogen (secondary N) is 1. The van der Waals surface area contributed by atoms with Gasteiger partial charge in [0.25, 0.3) is 0 Å². The molecular formula is C10H25N. The zero-order valence-corrected chi connectivity index (χ0v) is 9.12. The summed E-state index contributed by atoms with van der Waals surface area (Å²) in [5, 5.41) is 3.30. The third-order valence-corrected chi connectivity index (χ3v) is 1.30. The quantitative estimate of drug-likeness (QED) is 0.624. The van der Waals surface area contributed by atoms with Crippen molar-refractivity contribution in [3.63, 3.8) is 0 Å². The largest absolute Gasteiger partial charge is 0.317 e. The summed E-state index contributed by atoms with van der Waals surface area (Å²) in [6.07, 6.45) is 1.26. The van der Waals surface area contributed by atoms with E-state index < -0.39 is 0 Å². The van der Waals surface area contributed by atoms with E-state index in [0.29, 0.717) is 5.41 Å². The third kappa shape index (κ3) is 17.8. The van der Waals surface area contributed by atoms with Crippen LogP contribution in [-0.4, -0.2) is 13.1 Å². The minimum atomic E-state index is 0.488. The van der Waals surface area contributed by atoms with Crippen LogP contribution in [0.5, 0.6) is 0 Å². The average molecular weight is 159 g/mol. The summed E-state index contributed by atoms with van der Waals surface area (Å²) < 4.78 is 0. The molecule has 0 rings (SSSR count). The molecule has 0 spiro atoms. The van der Waals surface area contributed by atoms with Gasteiger partial charge >= 0.3 is 0 Å². The SMILES string of the molecule is CC.CCNCCC(C)(C)C. The Kier molecular flexibility index (Phi) is 9.92. The minimum absolute atomic E-state index is 0.488. The summed E-state index contributed by atoms with van der Waals surface area (Å²) in [6.45, 7) is 15.2. The molecule has 1 nitrogen and oxygen atoms in total. The Bertz CT molecular complexity index is 61.8. The Balaban J connectivity index is 0. The maximum absolute atomic E-state index is 3.30. The summed E-state index contributed by atoms with van der Waals surface area (Å²) in [5.41, 5.74) is 0.488. The first-order valence-corrected chi connectivity index (χ1v) is 4.77. The van der Waals surface area contributed by atoms with Crippen LogP contribution in [0.2, 0.25) is 0 Å². The molecule has 0 saturated heterocycles. The molecule has 0 atom stereocenters. The average Bonchev–Trinajstić information content (AvgIpc) is 1.90. The van der Waals surface area contributed by atoms with Crippen molar-refractivity contribution in [3.05, 3.63) is 0 Å². The second-order valence-corrected chi connectivity index (χ2v) is 3.66. The van der Waals surface area contributed by atoms with Crippen molar-refractivity contribution in [1.82, 2.24) is 5.32 Å². The molecule has 0 aromatic carbocycles. The van der Waals surface area contributed by atoms with E-state index in [2.05, 4.69) is 33.0 Å². The summed E-state index contributed by atoms with van der Waals surface area (Å²) in [4.78, 5) is 0. The van der Waals surface area contributed by atoms with Gasteiger partial charge in [0.15, 0.2) is 0 Å². The van der Waals surface area contributed by atoms with E-state index in [0.717, 1.165) is 13.1 Å². The highest BCUT2D eigenvalue weighted by Gasteiger charge is 2.07. The van der Waals surface area contributed by atoms with Crippen molar-refractivity contribution in [2.75, 3.05) is 13.1 Å². The van der Waals surface area contributed by atoms with E-state index >= 15 is 0 Å². The van der Waals surface area contributed by atoms with Gasteiger partial charge in [0.05, 0.1) is 0 Å². The van der Waals surface area contributed by atoms with Crippen molar-refractivity contribution in [1.29, 1.82) is 0 Å². The lowest BCUT2D eigenvalue weighted by atomic mass is 9.92. The van der Waals surface area contributed by atoms with Crippen molar-refractivity contribution < 1.29 is 0 Å². The monoisotopic (exact) mass is 159 g/mol. The molecule has 1 N–H and O–H groups in total. The van der Waals surface area contributed by atoms with Gasteiger partial charge in [-0.2, -0.15) is 0 Å². The fraction of sp³-hybridized carbons (Fsp3) is 1.00. The molecule has 70 valence electrons. The van der Waals surface area contributed by atoms with Crippen LogP contribution in [0.3, 0.4) is 0 Å². The Morgan fingerprint density at radius 3 is 1.82 bits per heavy atom. The summed E-state index contributed by atoms with van der Waals surface area (Å²) >= 11 is 0. The number of hydrogen-bond donors (Lipinski definition) is 1. The van der Waals surface area contributed by atoms with Crippen molar-refractivity contribution >= 4 is 0 Å². The van der Waals surface area contributed by atoms with Crippen LogP contribution in [-0.2, 0) is 0 Å². The molecule has 0 fully saturated rings. The lowest BCUT2D eigenvalue weighted by Crippen LogP contribution is -2.19. The van der Waals surface area contributed by atoms with E-state index in [1.807, 2.05) is 13.8 Å². The minimum Gasteiger partial charge on any atom is -0.317 e. The molecule has 0 aromatic heterocycles. The van der Waals surface area contributed by atoms with Crippen LogP contribution < -0.4 is 5.32 Å². The van der Waals surface area contributed by atoms with E-state index in [4.69, 9.17) is 0 Å². The Morgan fingerprint density at radius 2 is 1.55 bits per heavy atom. The second-order valence-electron chi connectivity index (χ2n) is 3.66. The Labute approximate surface area is 72.6 Å². The summed E-state index contributed by atoms with van der Waals surface area (Å²) in [5.74, 6) is 0. The van der Waals surface area contributed by atoms with Crippen LogP contribution in [0.25, 0.3) is 0 Å². The molecule has 0 heterocycles. The van der Waals surface area contributed by atoms with Crippen LogP contribution in [0.15, 0.2) is 0 Å². The highest BCUT2D eigenvalue weighted by Crippen LogP contribution is 2.16. The van der Waals surface area contributed by atoms with Gasteiger partial charge < -0.3 is 5.32 Å². The molecule has 0 aromatic rings. The highest BCUT2D eigenvalue weighted by molar-refractivity contribution is 4.62. The first-order valence-electron chi connectivity index (χ1n) is 4.77. The summed E-state index contributed by atoms with van der Waals surface area (Å²) in [6, 6.07) is 0. The highest BCUT2D eigenvalue weighted by atomic mass is 14.8. The lowest BCUT2D eigenvalue weighted by Gasteiger charge is -2.17. The molecule has 0 saturated carbocycles. The smallest absolute Gasteiger partial charge is 0.00440 e. The van der Waals surface area contributed by atoms with Crippen molar-refractivity contribution in [2.24, 2.45) is 5.41 Å². The van der Waals surface area contributed by atoms with Crippen LogP contribution in [0.4, 0.5) is 0 Å². The standard InChI is InChI=1S/C8H19N.C2H6/c1-5-9-7-6-8(2,3)4;1-2/h9H,5-7H2,1-4H3;1-2H3. The molecule has 0 aliphatic carbocycles. The van der Waals surface area contributed by atoms with Gasteiger partial charge in [-0.05, 0) is 24.9 Å². The number of hydrogen-bond acceptors (Lipinski definition) is 1. The van der Waals surface area contributed by atoms with Gasteiger partial charge in [0.2, 0.25) is 0 Å². The Hall–Kier alpha value is -0.0400. The van der Waals surface area contributed by atoms with Gasteiger partial charge in [0, 0.05) is 0 Å². The van der Waals surface area contributed by atoms with E-state index in [9.17, 15) is 0 Å². The van der Waals surface area contributed by atoms with Crippen LogP contribution >= 0.6 is 0 Å². The number of rotatable bonds is 3. The molecule has 0 aliphatic rings. The molecule has 0 aliphatic heterocycles. The van der Waals surface area contributed by atoms with E-state index in [1.54, 1.807) is 0 Å². The molecule has 0 unspecified atom stereocenters. The zero-order valence-electron chi connectivity index (χ0n) is 9.12. The van der Waals surface area contributed by atoms with Crippen LogP contribution in [0.1, 0.15) is 48.0 Å². The predicted molar refractivity (Wildman–Crippen MR) is 54.0 cm³/mol. The normalized spacial score (nSPS) is 10.4. The van der Waals surface area contributed by atoms with Gasteiger partial charge in [-0.1, -0.05) is 41.5 Å². The van der Waals surface area contributed by atoms with Gasteiger partial charge in [-0.15, -0.1) is 0 Å². The fourth-order valence-corrected chi connectivity index (χ4v) is 0.640. The van der Waals surface area contributed by atoms with Crippen LogP contribution in [0, 0.1) is 5.41 Å². The predicted octanol–water partition coefficient (Wildman–Crippen LogP) is 3.06. The fourth-order valence-electron chi connectivity index (χ4n) is 0.640. The third-order valence-electron chi connectivity index (χ3n) is 1.30. The molecule has 1 heteroatoms. The molecule has 0 amide bonds. The summed E-state index contributed by atoms with van der Waals surface area (Å²) in [7, 11) is 0. The maximum atomic E-state index is 3.30. The van der Waals surface area contributed by atoms with Crippen molar-refractivity contribution in [2.45, 2.75) is 48.0 Å². The Morgan fingerprint density at radius 1 is 1.09 bits per heavy atom. The zero-order chi connectivity index (χ0) is 9.33. The van der Waals surface area contributed by atoms with Gasteiger partial charge in [0.1, 0.15) is 0 Å². The van der Waals surface area contributed by atoms with Gasteiger partial charge in [-0.3, -0.25) is 0 Å². The molecule has 0 bridgehead atoms. The second kappa shape index (κ2) is 8.06. The maximum Gasteiger partial charge on any atom is -0.00440 e. The lowest BCUT2D eigenvalue weighted by molar-refractivity contribution is 0.369. The van der Waals surface area contributed by atoms with E-state index in [-0.39, 0.29) is 0 Å². The topological polar surface area (TPSA) is 12.0 Å². The van der Waals surface area contributed by atoms with Crippen molar-refractivity contribution in [3.8, 4) is 0 Å². The molecule has 0 radical (unpaired) electrons.